The second-order valence-corrected chi connectivity index (χ2v) is 6.31. The molecule has 0 spiro atoms. The van der Waals surface area contributed by atoms with Crippen LogP contribution >= 0.6 is 0 Å². The molecule has 0 aliphatic rings. The maximum Gasteiger partial charge on any atom is 0.346 e. The molecule has 0 radical (unpaired) electrons. The molecule has 1 aromatic rings. The molecule has 8 heteroatoms. The summed E-state index contributed by atoms with van der Waals surface area (Å²) in [4.78, 5) is 17.4. The maximum atomic E-state index is 12.2. The Morgan fingerprint density at radius 2 is 2.15 bits per heavy atom. The van der Waals surface area contributed by atoms with E-state index in [0.717, 1.165) is 17.4 Å². The number of carbonyl (C=O) groups excluding carboxylic acids is 1. The summed E-state index contributed by atoms with van der Waals surface area (Å²) >= 11 is 0. The van der Waals surface area contributed by atoms with Gasteiger partial charge in [-0.2, -0.15) is 4.68 Å². The highest BCUT2D eigenvalue weighted by Gasteiger charge is 2.22. The third-order valence-corrected chi connectivity index (χ3v) is 4.22. The summed E-state index contributed by atoms with van der Waals surface area (Å²) in [6.45, 7) is 8.22. The Morgan fingerprint density at radius 1 is 1.45 bits per heavy atom. The van der Waals surface area contributed by atoms with Crippen LogP contribution in [-0.4, -0.2) is 53.0 Å². The van der Waals surface area contributed by atoms with Crippen molar-refractivity contribution in [3.63, 3.8) is 0 Å². The largest absolute Gasteiger partial charge is 0.346 e. The standard InChI is InChI=1S/C12H20N4O3S/c1-4-7-15(8-5-2)12(17)16-10-13-11(14-16)20(18,19)9-6-3/h4,10H,1,5-9H2,2-3H3. The highest BCUT2D eigenvalue weighted by atomic mass is 32.2. The molecule has 0 aromatic carbocycles. The quantitative estimate of drug-likeness (QED) is 0.709. The van der Waals surface area contributed by atoms with Gasteiger partial charge in [0.15, 0.2) is 0 Å². The molecule has 1 rings (SSSR count). The van der Waals surface area contributed by atoms with Crippen LogP contribution in [0.1, 0.15) is 26.7 Å². The molecule has 7 nitrogen and oxygen atoms in total. The normalized spacial score (nSPS) is 11.3. The van der Waals surface area contributed by atoms with E-state index in [0.29, 0.717) is 19.5 Å². The van der Waals surface area contributed by atoms with Crippen molar-refractivity contribution < 1.29 is 13.2 Å². The summed E-state index contributed by atoms with van der Waals surface area (Å²) in [5.41, 5.74) is 0. The first-order valence-electron chi connectivity index (χ1n) is 6.50. The molecule has 0 saturated heterocycles. The Bertz CT molecular complexity index is 565. The summed E-state index contributed by atoms with van der Waals surface area (Å²) in [5.74, 6) is -0.0312. The van der Waals surface area contributed by atoms with E-state index in [1.807, 2.05) is 6.92 Å². The maximum absolute atomic E-state index is 12.2. The lowest BCUT2D eigenvalue weighted by atomic mass is 10.4. The smallest absolute Gasteiger partial charge is 0.319 e. The zero-order valence-electron chi connectivity index (χ0n) is 11.8. The number of sulfone groups is 1. The summed E-state index contributed by atoms with van der Waals surface area (Å²) in [6, 6.07) is -0.405. The number of carbonyl (C=O) groups is 1. The van der Waals surface area contributed by atoms with Crippen molar-refractivity contribution in [1.82, 2.24) is 19.7 Å². The van der Waals surface area contributed by atoms with Crippen molar-refractivity contribution in [2.24, 2.45) is 0 Å². The van der Waals surface area contributed by atoms with Crippen molar-refractivity contribution in [3.05, 3.63) is 19.0 Å². The van der Waals surface area contributed by atoms with Crippen LogP contribution in [0.3, 0.4) is 0 Å². The van der Waals surface area contributed by atoms with E-state index in [9.17, 15) is 13.2 Å². The fourth-order valence-electron chi connectivity index (χ4n) is 1.68. The van der Waals surface area contributed by atoms with E-state index < -0.39 is 15.9 Å². The average molecular weight is 300 g/mol. The fourth-order valence-corrected chi connectivity index (χ4v) is 2.82. The van der Waals surface area contributed by atoms with Gasteiger partial charge in [-0.05, 0) is 12.8 Å². The summed E-state index contributed by atoms with van der Waals surface area (Å²) in [7, 11) is -3.51. The molecular weight excluding hydrogens is 280 g/mol. The molecule has 0 aliphatic heterocycles. The summed E-state index contributed by atoms with van der Waals surface area (Å²) < 4.78 is 24.6. The van der Waals surface area contributed by atoms with E-state index in [4.69, 9.17) is 0 Å². The molecule has 0 unspecified atom stereocenters. The first-order chi connectivity index (χ1) is 9.46. The Morgan fingerprint density at radius 3 is 2.70 bits per heavy atom. The van der Waals surface area contributed by atoms with Crippen molar-refractivity contribution >= 4 is 15.9 Å². The molecular formula is C12H20N4O3S. The number of hydrogen-bond donors (Lipinski definition) is 0. The molecule has 20 heavy (non-hydrogen) atoms. The predicted octanol–water partition coefficient (Wildman–Crippen LogP) is 1.33. The van der Waals surface area contributed by atoms with Crippen LogP contribution < -0.4 is 0 Å². The molecule has 0 atom stereocenters. The van der Waals surface area contributed by atoms with E-state index in [1.54, 1.807) is 13.0 Å². The zero-order valence-corrected chi connectivity index (χ0v) is 12.6. The minimum atomic E-state index is -3.51. The van der Waals surface area contributed by atoms with Crippen LogP contribution in [0.4, 0.5) is 4.79 Å². The lowest BCUT2D eigenvalue weighted by Gasteiger charge is -2.19. The third kappa shape index (κ3) is 3.89. The van der Waals surface area contributed by atoms with Gasteiger partial charge in [0.1, 0.15) is 6.33 Å². The molecule has 0 fully saturated rings. The monoisotopic (exact) mass is 300 g/mol. The van der Waals surface area contributed by atoms with Crippen LogP contribution in [0.15, 0.2) is 24.1 Å². The second kappa shape index (κ2) is 7.18. The van der Waals surface area contributed by atoms with Gasteiger partial charge in [-0.3, -0.25) is 0 Å². The first kappa shape index (κ1) is 16.4. The van der Waals surface area contributed by atoms with Crippen LogP contribution in [0.5, 0.6) is 0 Å². The van der Waals surface area contributed by atoms with E-state index >= 15 is 0 Å². The molecule has 112 valence electrons. The molecule has 0 aliphatic carbocycles. The average Bonchev–Trinajstić information content (AvgIpc) is 2.88. The number of amides is 1. The number of hydrogen-bond acceptors (Lipinski definition) is 5. The SMILES string of the molecule is C=CCN(CCC)C(=O)n1cnc(S(=O)(=O)CCC)n1. The fraction of sp³-hybridized carbons (Fsp3) is 0.583. The van der Waals surface area contributed by atoms with Gasteiger partial charge in [-0.15, -0.1) is 11.7 Å². The van der Waals surface area contributed by atoms with Gasteiger partial charge in [0.05, 0.1) is 5.75 Å². The summed E-state index contributed by atoms with van der Waals surface area (Å²) in [6.07, 6.45) is 4.01. The molecule has 0 bridgehead atoms. The van der Waals surface area contributed by atoms with Crippen molar-refractivity contribution in [2.45, 2.75) is 31.8 Å². The Balaban J connectivity index is 2.95. The Labute approximate surface area is 119 Å². The molecule has 1 heterocycles. The lowest BCUT2D eigenvalue weighted by Crippen LogP contribution is -2.35. The van der Waals surface area contributed by atoms with Crippen molar-refractivity contribution in [2.75, 3.05) is 18.8 Å². The molecule has 0 saturated carbocycles. The van der Waals surface area contributed by atoms with E-state index in [1.165, 1.54) is 4.90 Å². The first-order valence-corrected chi connectivity index (χ1v) is 8.16. The van der Waals surface area contributed by atoms with Gasteiger partial charge >= 0.3 is 6.03 Å². The Hall–Kier alpha value is -1.70. The van der Waals surface area contributed by atoms with E-state index in [-0.39, 0.29) is 10.9 Å². The van der Waals surface area contributed by atoms with Crippen LogP contribution in [0.2, 0.25) is 0 Å². The second-order valence-electron chi connectivity index (χ2n) is 4.31. The van der Waals surface area contributed by atoms with E-state index in [2.05, 4.69) is 16.7 Å². The van der Waals surface area contributed by atoms with Crippen LogP contribution in [-0.2, 0) is 9.84 Å². The highest BCUT2D eigenvalue weighted by molar-refractivity contribution is 7.91. The van der Waals surface area contributed by atoms with Gasteiger partial charge in [0.2, 0.25) is 9.84 Å². The van der Waals surface area contributed by atoms with Crippen molar-refractivity contribution in [3.8, 4) is 0 Å². The lowest BCUT2D eigenvalue weighted by molar-refractivity contribution is 0.201. The molecule has 1 aromatic heterocycles. The van der Waals surface area contributed by atoms with Gasteiger partial charge < -0.3 is 4.90 Å². The third-order valence-electron chi connectivity index (χ3n) is 2.53. The van der Waals surface area contributed by atoms with Gasteiger partial charge in [-0.25, -0.2) is 18.2 Å². The topological polar surface area (TPSA) is 85.2 Å². The minimum absolute atomic E-state index is 0.0312. The summed E-state index contributed by atoms with van der Waals surface area (Å²) in [5, 5.41) is 3.47. The number of nitrogens with zero attached hydrogens (tertiary/aromatic N) is 4. The number of rotatable bonds is 7. The number of aromatic nitrogens is 3. The van der Waals surface area contributed by atoms with Gasteiger partial charge in [0, 0.05) is 13.1 Å². The van der Waals surface area contributed by atoms with Crippen LogP contribution in [0.25, 0.3) is 0 Å². The molecule has 1 amide bonds. The predicted molar refractivity (Wildman–Crippen MR) is 75.2 cm³/mol. The Kier molecular flexibility index (Phi) is 5.87. The zero-order chi connectivity index (χ0) is 15.2. The highest BCUT2D eigenvalue weighted by Crippen LogP contribution is 2.06. The van der Waals surface area contributed by atoms with Crippen molar-refractivity contribution in [1.29, 1.82) is 0 Å². The minimum Gasteiger partial charge on any atom is -0.319 e. The molecule has 0 N–H and O–H groups in total. The van der Waals surface area contributed by atoms with Gasteiger partial charge in [0.25, 0.3) is 5.16 Å². The van der Waals surface area contributed by atoms with Gasteiger partial charge in [-0.1, -0.05) is 19.9 Å². The van der Waals surface area contributed by atoms with Crippen LogP contribution in [0, 0.1) is 0 Å².